The van der Waals surface area contributed by atoms with Gasteiger partial charge in [-0.25, -0.2) is 4.98 Å². The normalized spacial score (nSPS) is 12.8. The van der Waals surface area contributed by atoms with Crippen LogP contribution in [0.4, 0.5) is 0 Å². The zero-order valence-corrected chi connectivity index (χ0v) is 11.9. The van der Waals surface area contributed by atoms with E-state index in [1.54, 1.807) is 0 Å². The van der Waals surface area contributed by atoms with Crippen LogP contribution in [-0.2, 0) is 0 Å². The summed E-state index contributed by atoms with van der Waals surface area (Å²) in [6.07, 6.45) is 0. The van der Waals surface area contributed by atoms with Crippen LogP contribution in [0.25, 0.3) is 22.4 Å². The van der Waals surface area contributed by atoms with Crippen molar-refractivity contribution >= 4 is 11.0 Å². The van der Waals surface area contributed by atoms with Crippen LogP contribution >= 0.6 is 0 Å². The molecule has 1 aromatic heterocycles. The van der Waals surface area contributed by atoms with Gasteiger partial charge in [-0.2, -0.15) is 0 Å². The van der Waals surface area contributed by atoms with Crippen LogP contribution in [0.3, 0.4) is 0 Å². The highest BCUT2D eigenvalue weighted by Crippen LogP contribution is 2.28. The first-order chi connectivity index (χ1) is 9.70. The van der Waals surface area contributed by atoms with Gasteiger partial charge in [0.25, 0.3) is 0 Å². The first-order valence-electron chi connectivity index (χ1n) is 6.95. The number of imidazole rings is 1. The highest BCUT2D eigenvalue weighted by atomic mass is 15.1. The van der Waals surface area contributed by atoms with E-state index in [0.29, 0.717) is 6.54 Å². The number of hydrogen-bond acceptors (Lipinski definition) is 2. The smallest absolute Gasteiger partial charge is 0.141 e. The van der Waals surface area contributed by atoms with Gasteiger partial charge in [-0.15, -0.1) is 0 Å². The Bertz CT molecular complexity index is 726. The average molecular weight is 265 g/mol. The predicted octanol–water partition coefficient (Wildman–Crippen LogP) is 3.53. The van der Waals surface area contributed by atoms with E-state index in [2.05, 4.69) is 48.7 Å². The molecule has 0 spiro atoms. The first kappa shape index (κ1) is 12.9. The van der Waals surface area contributed by atoms with Crippen molar-refractivity contribution in [2.45, 2.75) is 19.9 Å². The lowest BCUT2D eigenvalue weighted by Gasteiger charge is -2.15. The third kappa shape index (κ3) is 2.10. The molecule has 0 saturated heterocycles. The van der Waals surface area contributed by atoms with Crippen LogP contribution in [0.2, 0.25) is 0 Å². The molecule has 1 heterocycles. The maximum atomic E-state index is 5.88. The van der Waals surface area contributed by atoms with Gasteiger partial charge in [0.15, 0.2) is 0 Å². The second-order valence-electron chi connectivity index (χ2n) is 5.24. The maximum absolute atomic E-state index is 5.88. The summed E-state index contributed by atoms with van der Waals surface area (Å²) in [6, 6.07) is 16.9. The molecule has 0 fully saturated rings. The van der Waals surface area contributed by atoms with Gasteiger partial charge in [0.2, 0.25) is 0 Å². The number of aromatic nitrogens is 2. The van der Waals surface area contributed by atoms with Crippen LogP contribution in [0.15, 0.2) is 48.5 Å². The van der Waals surface area contributed by atoms with Crippen molar-refractivity contribution in [2.75, 3.05) is 6.54 Å². The number of nitrogens with two attached hydrogens (primary N) is 1. The van der Waals surface area contributed by atoms with Crippen molar-refractivity contribution in [1.82, 2.24) is 9.55 Å². The second-order valence-corrected chi connectivity index (χ2v) is 5.24. The third-order valence-electron chi connectivity index (χ3n) is 3.69. The molecule has 1 atom stereocenters. The minimum Gasteiger partial charge on any atom is -0.328 e. The standard InChI is InChI=1S/C17H19N3/c1-12-7-9-14(10-8-12)17-19-15-5-3-4-6-16(15)20(17)13(2)11-18/h3-10,13H,11,18H2,1-2H3. The largest absolute Gasteiger partial charge is 0.328 e. The van der Waals surface area contributed by atoms with Gasteiger partial charge >= 0.3 is 0 Å². The number of para-hydroxylation sites is 2. The lowest BCUT2D eigenvalue weighted by Crippen LogP contribution is -2.16. The molecule has 2 N–H and O–H groups in total. The second kappa shape index (κ2) is 5.10. The average Bonchev–Trinajstić information content (AvgIpc) is 2.86. The van der Waals surface area contributed by atoms with Crippen LogP contribution in [0.1, 0.15) is 18.5 Å². The lowest BCUT2D eigenvalue weighted by molar-refractivity contribution is 0.579. The van der Waals surface area contributed by atoms with Crippen molar-refractivity contribution in [3.05, 3.63) is 54.1 Å². The Kier molecular flexibility index (Phi) is 3.28. The number of nitrogens with zero attached hydrogens (tertiary/aromatic N) is 2. The third-order valence-corrected chi connectivity index (χ3v) is 3.69. The fourth-order valence-corrected chi connectivity index (χ4v) is 2.50. The van der Waals surface area contributed by atoms with Crippen molar-refractivity contribution < 1.29 is 0 Å². The van der Waals surface area contributed by atoms with Gasteiger partial charge in [-0.1, -0.05) is 42.0 Å². The zero-order valence-electron chi connectivity index (χ0n) is 11.9. The van der Waals surface area contributed by atoms with Crippen LogP contribution in [0.5, 0.6) is 0 Å². The molecule has 0 aliphatic carbocycles. The highest BCUT2D eigenvalue weighted by molar-refractivity contribution is 5.80. The van der Waals surface area contributed by atoms with E-state index < -0.39 is 0 Å². The van der Waals surface area contributed by atoms with Crippen LogP contribution < -0.4 is 5.73 Å². The molecule has 3 rings (SSSR count). The summed E-state index contributed by atoms with van der Waals surface area (Å²) in [4.78, 5) is 4.79. The molecule has 3 aromatic rings. The summed E-state index contributed by atoms with van der Waals surface area (Å²) in [5.74, 6) is 0.990. The Hall–Kier alpha value is -2.13. The Morgan fingerprint density at radius 2 is 1.80 bits per heavy atom. The van der Waals surface area contributed by atoms with Gasteiger partial charge in [-0.3, -0.25) is 0 Å². The fraction of sp³-hybridized carbons (Fsp3) is 0.235. The van der Waals surface area contributed by atoms with Gasteiger partial charge < -0.3 is 10.3 Å². The minimum atomic E-state index is 0.221. The Morgan fingerprint density at radius 3 is 2.50 bits per heavy atom. The SMILES string of the molecule is Cc1ccc(-c2nc3ccccc3n2C(C)CN)cc1. The van der Waals surface area contributed by atoms with Gasteiger partial charge in [0.05, 0.1) is 11.0 Å². The maximum Gasteiger partial charge on any atom is 0.141 e. The monoisotopic (exact) mass is 265 g/mol. The molecular formula is C17H19N3. The quantitative estimate of drug-likeness (QED) is 0.787. The van der Waals surface area contributed by atoms with E-state index in [1.165, 1.54) is 5.56 Å². The first-order valence-corrected chi connectivity index (χ1v) is 6.95. The number of benzene rings is 2. The summed E-state index contributed by atoms with van der Waals surface area (Å²) in [7, 11) is 0. The molecule has 0 radical (unpaired) electrons. The van der Waals surface area contributed by atoms with Crippen LogP contribution in [0, 0.1) is 6.92 Å². The zero-order chi connectivity index (χ0) is 14.1. The summed E-state index contributed by atoms with van der Waals surface area (Å²) in [5, 5.41) is 0. The molecule has 2 aromatic carbocycles. The van der Waals surface area contributed by atoms with E-state index in [4.69, 9.17) is 10.7 Å². The number of hydrogen-bond donors (Lipinski definition) is 1. The molecule has 0 aliphatic rings. The Morgan fingerprint density at radius 1 is 1.10 bits per heavy atom. The van der Waals surface area contributed by atoms with E-state index in [1.807, 2.05) is 18.2 Å². The molecule has 20 heavy (non-hydrogen) atoms. The van der Waals surface area contributed by atoms with Gasteiger partial charge in [0.1, 0.15) is 5.82 Å². The molecule has 0 bridgehead atoms. The molecule has 0 amide bonds. The van der Waals surface area contributed by atoms with Gasteiger partial charge in [-0.05, 0) is 26.0 Å². The van der Waals surface area contributed by atoms with Crippen molar-refractivity contribution in [3.8, 4) is 11.4 Å². The number of aryl methyl sites for hydroxylation is 1. The van der Waals surface area contributed by atoms with E-state index in [9.17, 15) is 0 Å². The molecule has 0 aliphatic heterocycles. The lowest BCUT2D eigenvalue weighted by atomic mass is 10.1. The molecule has 0 saturated carbocycles. The Labute approximate surface area is 119 Å². The van der Waals surface area contributed by atoms with Crippen LogP contribution in [-0.4, -0.2) is 16.1 Å². The summed E-state index contributed by atoms with van der Waals surface area (Å²) in [5.41, 5.74) is 10.4. The molecular weight excluding hydrogens is 246 g/mol. The van der Waals surface area contributed by atoms with E-state index in [-0.39, 0.29) is 6.04 Å². The number of rotatable bonds is 3. The van der Waals surface area contributed by atoms with Crippen molar-refractivity contribution in [3.63, 3.8) is 0 Å². The molecule has 102 valence electrons. The topological polar surface area (TPSA) is 43.8 Å². The predicted molar refractivity (Wildman–Crippen MR) is 83.7 cm³/mol. The number of fused-ring (bicyclic) bond motifs is 1. The molecule has 3 heteroatoms. The molecule has 3 nitrogen and oxygen atoms in total. The summed E-state index contributed by atoms with van der Waals surface area (Å²) in [6.45, 7) is 4.82. The molecule has 1 unspecified atom stereocenters. The van der Waals surface area contributed by atoms with Crippen molar-refractivity contribution in [2.24, 2.45) is 5.73 Å². The summed E-state index contributed by atoms with van der Waals surface area (Å²) >= 11 is 0. The minimum absolute atomic E-state index is 0.221. The summed E-state index contributed by atoms with van der Waals surface area (Å²) < 4.78 is 2.24. The van der Waals surface area contributed by atoms with E-state index in [0.717, 1.165) is 22.4 Å². The highest BCUT2D eigenvalue weighted by Gasteiger charge is 2.15. The van der Waals surface area contributed by atoms with E-state index >= 15 is 0 Å². The van der Waals surface area contributed by atoms with Gasteiger partial charge in [0, 0.05) is 18.2 Å². The fourth-order valence-electron chi connectivity index (χ4n) is 2.50. The Balaban J connectivity index is 2.26. The van der Waals surface area contributed by atoms with Crippen molar-refractivity contribution in [1.29, 1.82) is 0 Å².